The predicted molar refractivity (Wildman–Crippen MR) is 62.7 cm³/mol. The van der Waals surface area contributed by atoms with Gasteiger partial charge in [-0.05, 0) is 0 Å². The molecule has 0 aliphatic rings. The summed E-state index contributed by atoms with van der Waals surface area (Å²) in [4.78, 5) is 0. The number of hydrogen-bond acceptors (Lipinski definition) is 5. The van der Waals surface area contributed by atoms with Crippen LogP contribution in [0.5, 0.6) is 0 Å². The van der Waals surface area contributed by atoms with Crippen molar-refractivity contribution in [3.8, 4) is 12.3 Å². The lowest BCUT2D eigenvalue weighted by Crippen LogP contribution is -2.40. The lowest BCUT2D eigenvalue weighted by Gasteiger charge is -2.17. The van der Waals surface area contributed by atoms with Gasteiger partial charge < -0.3 is 14.2 Å². The first-order valence-corrected chi connectivity index (χ1v) is 6.89. The number of terminal acetylenes is 1. The molecule has 0 aromatic heterocycles. The fourth-order valence-corrected chi connectivity index (χ4v) is 1.61. The van der Waals surface area contributed by atoms with E-state index in [2.05, 4.69) is 10.7 Å². The van der Waals surface area contributed by atoms with Gasteiger partial charge in [0, 0.05) is 0 Å². The molecule has 0 aromatic carbocycles. The third kappa shape index (κ3) is 9.11. The SMILES string of the molecule is C#CCOCCOCCOCC(C(F)(F)F)S(=O)(=O)O. The van der Waals surface area contributed by atoms with Crippen molar-refractivity contribution in [1.82, 2.24) is 0 Å². The molecule has 0 amide bonds. The number of alkyl halides is 3. The van der Waals surface area contributed by atoms with E-state index in [1.807, 2.05) is 0 Å². The molecule has 1 atom stereocenters. The number of halogens is 3. The predicted octanol–water partition coefficient (Wildman–Crippen LogP) is 0.488. The van der Waals surface area contributed by atoms with Gasteiger partial charge in [0.2, 0.25) is 5.25 Å². The summed E-state index contributed by atoms with van der Waals surface area (Å²) in [7, 11) is -5.26. The molecule has 20 heavy (non-hydrogen) atoms. The van der Waals surface area contributed by atoms with Crippen molar-refractivity contribution in [2.75, 3.05) is 39.6 Å². The molecule has 0 bridgehead atoms. The number of hydrogen-bond donors (Lipinski definition) is 1. The summed E-state index contributed by atoms with van der Waals surface area (Å²) < 4.78 is 80.7. The van der Waals surface area contributed by atoms with Gasteiger partial charge in [-0.15, -0.1) is 6.42 Å². The highest BCUT2D eigenvalue weighted by Gasteiger charge is 2.48. The fourth-order valence-electron chi connectivity index (χ4n) is 1.01. The summed E-state index contributed by atoms with van der Waals surface area (Å²) in [5.74, 6) is 2.23. The largest absolute Gasteiger partial charge is 0.410 e. The van der Waals surface area contributed by atoms with Crippen molar-refractivity contribution in [3.63, 3.8) is 0 Å². The van der Waals surface area contributed by atoms with Crippen LogP contribution in [0, 0.1) is 12.3 Å². The second-order valence-corrected chi connectivity index (χ2v) is 5.09. The normalized spacial score (nSPS) is 13.9. The first-order valence-electron chi connectivity index (χ1n) is 5.39. The van der Waals surface area contributed by atoms with Crippen LogP contribution in [0.4, 0.5) is 13.2 Å². The van der Waals surface area contributed by atoms with Crippen LogP contribution in [0.1, 0.15) is 0 Å². The van der Waals surface area contributed by atoms with Crippen LogP contribution in [-0.4, -0.2) is 64.0 Å². The summed E-state index contributed by atoms with van der Waals surface area (Å²) in [6.07, 6.45) is -0.189. The Morgan fingerprint density at radius 2 is 1.60 bits per heavy atom. The molecule has 0 radical (unpaired) electrons. The first kappa shape index (κ1) is 19.1. The van der Waals surface area contributed by atoms with E-state index in [0.29, 0.717) is 0 Å². The summed E-state index contributed by atoms with van der Waals surface area (Å²) in [6.45, 7) is -0.972. The van der Waals surface area contributed by atoms with Crippen molar-refractivity contribution in [2.24, 2.45) is 0 Å². The molecule has 0 aliphatic carbocycles. The van der Waals surface area contributed by atoms with Gasteiger partial charge in [-0.25, -0.2) is 0 Å². The van der Waals surface area contributed by atoms with Crippen molar-refractivity contribution >= 4 is 10.1 Å². The zero-order chi connectivity index (χ0) is 15.6. The summed E-state index contributed by atoms with van der Waals surface area (Å²) in [5, 5.41) is -2.96. The Bertz CT molecular complexity index is 400. The van der Waals surface area contributed by atoms with Gasteiger partial charge in [-0.2, -0.15) is 21.6 Å². The van der Waals surface area contributed by atoms with Crippen molar-refractivity contribution in [1.29, 1.82) is 0 Å². The molecular formula is C10H15F3O6S. The van der Waals surface area contributed by atoms with Crippen LogP contribution in [0.3, 0.4) is 0 Å². The van der Waals surface area contributed by atoms with E-state index < -0.39 is 28.2 Å². The van der Waals surface area contributed by atoms with E-state index in [0.717, 1.165) is 0 Å². The molecule has 10 heteroatoms. The second kappa shape index (κ2) is 9.15. The molecule has 0 rings (SSSR count). The quantitative estimate of drug-likeness (QED) is 0.358. The van der Waals surface area contributed by atoms with Gasteiger partial charge in [-0.1, -0.05) is 5.92 Å². The highest BCUT2D eigenvalue weighted by atomic mass is 32.2. The summed E-state index contributed by atoms with van der Waals surface area (Å²) >= 11 is 0. The molecule has 6 nitrogen and oxygen atoms in total. The summed E-state index contributed by atoms with van der Waals surface area (Å²) in [5.41, 5.74) is 0. The molecule has 0 aromatic rings. The number of ether oxygens (including phenoxy) is 3. The molecule has 118 valence electrons. The third-order valence-corrected chi connectivity index (χ3v) is 3.05. The Balaban J connectivity index is 3.80. The summed E-state index contributed by atoms with van der Waals surface area (Å²) in [6, 6.07) is 0. The van der Waals surface area contributed by atoms with Crippen LogP contribution in [0.2, 0.25) is 0 Å². The average Bonchev–Trinajstić information content (AvgIpc) is 2.28. The monoisotopic (exact) mass is 320 g/mol. The lowest BCUT2D eigenvalue weighted by atomic mass is 10.4. The Labute approximate surface area is 114 Å². The molecule has 1 unspecified atom stereocenters. The molecule has 0 saturated carbocycles. The zero-order valence-electron chi connectivity index (χ0n) is 10.4. The standard InChI is InChI=1S/C10H15F3O6S/c1-2-3-17-4-5-18-6-7-19-8-9(10(11,12)13)20(14,15)16/h1,9H,3-8H2,(H,14,15,16). The van der Waals surface area contributed by atoms with Crippen LogP contribution in [-0.2, 0) is 24.3 Å². The Morgan fingerprint density at radius 3 is 2.05 bits per heavy atom. The van der Waals surface area contributed by atoms with Crippen LogP contribution < -0.4 is 0 Å². The second-order valence-electron chi connectivity index (χ2n) is 3.49. The van der Waals surface area contributed by atoms with Crippen LogP contribution in [0.25, 0.3) is 0 Å². The molecular weight excluding hydrogens is 305 g/mol. The highest BCUT2D eigenvalue weighted by molar-refractivity contribution is 7.86. The van der Waals surface area contributed by atoms with Crippen molar-refractivity contribution in [3.05, 3.63) is 0 Å². The van der Waals surface area contributed by atoms with E-state index in [4.69, 9.17) is 20.4 Å². The minimum absolute atomic E-state index is 0.0462. The lowest BCUT2D eigenvalue weighted by molar-refractivity contribution is -0.143. The molecule has 0 heterocycles. The van der Waals surface area contributed by atoms with Crippen LogP contribution >= 0.6 is 0 Å². The van der Waals surface area contributed by atoms with Gasteiger partial charge in [0.1, 0.15) is 6.61 Å². The fraction of sp³-hybridized carbons (Fsp3) is 0.800. The molecule has 0 saturated heterocycles. The van der Waals surface area contributed by atoms with Crippen molar-refractivity contribution < 1.29 is 40.4 Å². The van der Waals surface area contributed by atoms with E-state index in [-0.39, 0.29) is 33.0 Å². The average molecular weight is 320 g/mol. The maximum absolute atomic E-state index is 12.3. The van der Waals surface area contributed by atoms with E-state index >= 15 is 0 Å². The van der Waals surface area contributed by atoms with Gasteiger partial charge in [0.25, 0.3) is 10.1 Å². The maximum atomic E-state index is 12.3. The Hall–Kier alpha value is -0.860. The maximum Gasteiger partial charge on any atom is 0.410 e. The van der Waals surface area contributed by atoms with Crippen LogP contribution in [0.15, 0.2) is 0 Å². The van der Waals surface area contributed by atoms with Gasteiger partial charge in [0.05, 0.1) is 33.0 Å². The smallest absolute Gasteiger partial charge is 0.377 e. The van der Waals surface area contributed by atoms with Crippen molar-refractivity contribution in [2.45, 2.75) is 11.4 Å². The highest BCUT2D eigenvalue weighted by Crippen LogP contribution is 2.25. The number of rotatable bonds is 10. The topological polar surface area (TPSA) is 82.1 Å². The Morgan fingerprint density at radius 1 is 1.10 bits per heavy atom. The molecule has 0 spiro atoms. The minimum Gasteiger partial charge on any atom is -0.377 e. The third-order valence-electron chi connectivity index (χ3n) is 1.92. The van der Waals surface area contributed by atoms with E-state index in [1.165, 1.54) is 0 Å². The van der Waals surface area contributed by atoms with Gasteiger partial charge >= 0.3 is 6.18 Å². The van der Waals surface area contributed by atoms with Gasteiger partial charge in [-0.3, -0.25) is 4.55 Å². The van der Waals surface area contributed by atoms with E-state index in [9.17, 15) is 21.6 Å². The zero-order valence-corrected chi connectivity index (χ0v) is 11.2. The molecule has 1 N–H and O–H groups in total. The minimum atomic E-state index is -5.26. The Kier molecular flexibility index (Phi) is 8.75. The molecule has 0 fully saturated rings. The molecule has 0 aliphatic heterocycles. The van der Waals surface area contributed by atoms with E-state index in [1.54, 1.807) is 0 Å². The first-order chi connectivity index (χ1) is 9.19. The van der Waals surface area contributed by atoms with Gasteiger partial charge in [0.15, 0.2) is 0 Å².